The zero-order chi connectivity index (χ0) is 14.9. The van der Waals surface area contributed by atoms with Gasteiger partial charge in [0, 0.05) is 23.6 Å². The first-order valence-corrected chi connectivity index (χ1v) is 8.69. The van der Waals surface area contributed by atoms with Crippen molar-refractivity contribution in [1.82, 2.24) is 14.5 Å². The molecule has 1 N–H and O–H groups in total. The van der Waals surface area contributed by atoms with Crippen LogP contribution in [0.2, 0.25) is 0 Å². The van der Waals surface area contributed by atoms with Crippen LogP contribution in [0, 0.1) is 0 Å². The number of thioether (sulfide) groups is 1. The summed E-state index contributed by atoms with van der Waals surface area (Å²) in [7, 11) is 0. The average Bonchev–Trinajstić information content (AvgIpc) is 2.96. The summed E-state index contributed by atoms with van der Waals surface area (Å²) < 4.78 is 2.14. The molecule has 1 saturated heterocycles. The number of imidazole rings is 1. The van der Waals surface area contributed by atoms with Crippen LogP contribution in [-0.4, -0.2) is 31.1 Å². The van der Waals surface area contributed by atoms with Crippen molar-refractivity contribution in [3.8, 4) is 11.4 Å². The van der Waals surface area contributed by atoms with Gasteiger partial charge < -0.3 is 5.11 Å². The first-order chi connectivity index (χ1) is 10.8. The van der Waals surface area contributed by atoms with Crippen molar-refractivity contribution in [1.29, 1.82) is 0 Å². The number of benzene rings is 1. The van der Waals surface area contributed by atoms with Crippen molar-refractivity contribution in [2.24, 2.45) is 0 Å². The molecule has 1 aliphatic heterocycles. The van der Waals surface area contributed by atoms with Gasteiger partial charge in [-0.1, -0.05) is 0 Å². The fourth-order valence-corrected chi connectivity index (χ4v) is 4.14. The van der Waals surface area contributed by atoms with Crippen LogP contribution in [0.25, 0.3) is 16.9 Å². The Labute approximate surface area is 133 Å². The molecule has 4 nitrogen and oxygen atoms in total. The van der Waals surface area contributed by atoms with Crippen LogP contribution in [-0.2, 0) is 0 Å². The monoisotopic (exact) mass is 311 g/mol. The summed E-state index contributed by atoms with van der Waals surface area (Å²) in [5.41, 5.74) is 2.82. The Kier molecular flexibility index (Phi) is 3.50. The lowest BCUT2D eigenvalue weighted by Gasteiger charge is -2.22. The normalized spacial score (nSPS) is 18.6. The topological polar surface area (TPSA) is 50.9 Å². The number of fused-ring (bicyclic) bond motifs is 1. The van der Waals surface area contributed by atoms with Crippen molar-refractivity contribution in [2.45, 2.75) is 18.8 Å². The van der Waals surface area contributed by atoms with E-state index < -0.39 is 0 Å². The summed E-state index contributed by atoms with van der Waals surface area (Å²) in [5.74, 6) is 4.18. The predicted octanol–water partition coefficient (Wildman–Crippen LogP) is 3.74. The molecule has 3 aromatic rings. The van der Waals surface area contributed by atoms with Crippen LogP contribution in [0.15, 0.2) is 42.6 Å². The summed E-state index contributed by atoms with van der Waals surface area (Å²) >= 11 is 2.00. The standard InChI is InChI=1S/C17H17N3OS/c21-14-7-5-13(6-8-14)20-16(12-3-2-10-22-11-12)19-15-4-1-9-18-17(15)20/h1,4-9,12,21H,2-3,10-11H2. The zero-order valence-corrected chi connectivity index (χ0v) is 13.0. The van der Waals surface area contributed by atoms with Crippen LogP contribution < -0.4 is 0 Å². The molecule has 0 saturated carbocycles. The second-order valence-electron chi connectivity index (χ2n) is 5.58. The molecule has 5 heteroatoms. The Bertz CT molecular complexity index is 791. The highest BCUT2D eigenvalue weighted by atomic mass is 32.2. The van der Waals surface area contributed by atoms with Gasteiger partial charge in [0.05, 0.1) is 0 Å². The smallest absolute Gasteiger partial charge is 0.164 e. The van der Waals surface area contributed by atoms with E-state index in [1.807, 2.05) is 36.0 Å². The third-order valence-corrected chi connectivity index (χ3v) is 5.29. The number of phenols is 1. The van der Waals surface area contributed by atoms with Crippen molar-refractivity contribution < 1.29 is 5.11 Å². The number of pyridine rings is 1. The first kappa shape index (κ1) is 13.6. The lowest BCUT2D eigenvalue weighted by atomic mass is 10.0. The second-order valence-corrected chi connectivity index (χ2v) is 6.73. The van der Waals surface area contributed by atoms with E-state index in [0.29, 0.717) is 5.92 Å². The van der Waals surface area contributed by atoms with E-state index in [1.54, 1.807) is 18.3 Å². The summed E-state index contributed by atoms with van der Waals surface area (Å²) in [6, 6.07) is 11.2. The van der Waals surface area contributed by atoms with E-state index in [1.165, 1.54) is 18.6 Å². The zero-order valence-electron chi connectivity index (χ0n) is 12.1. The molecule has 1 aliphatic rings. The van der Waals surface area contributed by atoms with Crippen molar-refractivity contribution in [3.63, 3.8) is 0 Å². The molecule has 1 fully saturated rings. The van der Waals surface area contributed by atoms with Crippen molar-refractivity contribution >= 4 is 22.9 Å². The molecule has 1 unspecified atom stereocenters. The largest absolute Gasteiger partial charge is 0.508 e. The molecule has 2 aromatic heterocycles. The number of aromatic nitrogens is 3. The summed E-state index contributed by atoms with van der Waals surface area (Å²) in [6.07, 6.45) is 4.22. The van der Waals surface area contributed by atoms with Crippen molar-refractivity contribution in [3.05, 3.63) is 48.4 Å². The fraction of sp³-hybridized carbons (Fsp3) is 0.294. The van der Waals surface area contributed by atoms with Crippen LogP contribution in [0.3, 0.4) is 0 Å². The molecule has 1 atom stereocenters. The Morgan fingerprint density at radius 1 is 1.18 bits per heavy atom. The molecule has 4 rings (SSSR count). The number of hydrogen-bond acceptors (Lipinski definition) is 4. The van der Waals surface area contributed by atoms with Gasteiger partial charge in [0.2, 0.25) is 0 Å². The maximum Gasteiger partial charge on any atom is 0.164 e. The van der Waals surface area contributed by atoms with Crippen molar-refractivity contribution in [2.75, 3.05) is 11.5 Å². The lowest BCUT2D eigenvalue weighted by Crippen LogP contribution is -2.14. The van der Waals surface area contributed by atoms with E-state index in [9.17, 15) is 5.11 Å². The Hall–Kier alpha value is -2.01. The molecular weight excluding hydrogens is 294 g/mol. The molecule has 0 bridgehead atoms. The van der Waals surface area contributed by atoms with Gasteiger partial charge in [-0.25, -0.2) is 9.97 Å². The maximum atomic E-state index is 9.54. The van der Waals surface area contributed by atoms with Gasteiger partial charge in [0.15, 0.2) is 5.65 Å². The summed E-state index contributed by atoms with van der Waals surface area (Å²) in [6.45, 7) is 0. The van der Waals surface area contributed by atoms with E-state index in [2.05, 4.69) is 9.55 Å². The van der Waals surface area contributed by atoms with Gasteiger partial charge in [-0.3, -0.25) is 4.57 Å². The highest BCUT2D eigenvalue weighted by molar-refractivity contribution is 7.99. The maximum absolute atomic E-state index is 9.54. The molecule has 3 heterocycles. The minimum Gasteiger partial charge on any atom is -0.508 e. The first-order valence-electron chi connectivity index (χ1n) is 7.53. The van der Waals surface area contributed by atoms with Gasteiger partial charge in [0.1, 0.15) is 17.1 Å². The molecule has 112 valence electrons. The van der Waals surface area contributed by atoms with Crippen LogP contribution in [0.5, 0.6) is 5.75 Å². The lowest BCUT2D eigenvalue weighted by molar-refractivity contribution is 0.475. The minimum absolute atomic E-state index is 0.274. The van der Waals surface area contributed by atoms with Crippen LogP contribution in [0.1, 0.15) is 24.6 Å². The molecule has 22 heavy (non-hydrogen) atoms. The van der Waals surface area contributed by atoms with E-state index in [0.717, 1.165) is 28.4 Å². The highest BCUT2D eigenvalue weighted by Gasteiger charge is 2.23. The Balaban J connectivity index is 1.91. The number of aromatic hydroxyl groups is 1. The summed E-state index contributed by atoms with van der Waals surface area (Å²) in [4.78, 5) is 9.39. The molecule has 0 amide bonds. The predicted molar refractivity (Wildman–Crippen MR) is 89.8 cm³/mol. The van der Waals surface area contributed by atoms with Gasteiger partial charge >= 0.3 is 0 Å². The molecule has 0 spiro atoms. The molecule has 0 aliphatic carbocycles. The Morgan fingerprint density at radius 3 is 2.82 bits per heavy atom. The molecule has 1 aromatic carbocycles. The van der Waals surface area contributed by atoms with Crippen LogP contribution in [0.4, 0.5) is 0 Å². The van der Waals surface area contributed by atoms with Gasteiger partial charge in [-0.05, 0) is 55.0 Å². The quantitative estimate of drug-likeness (QED) is 0.783. The number of nitrogens with zero attached hydrogens (tertiary/aromatic N) is 3. The third kappa shape index (κ3) is 2.35. The highest BCUT2D eigenvalue weighted by Crippen LogP contribution is 2.34. The number of hydrogen-bond donors (Lipinski definition) is 1. The Morgan fingerprint density at radius 2 is 2.05 bits per heavy atom. The summed E-state index contributed by atoms with van der Waals surface area (Å²) in [5, 5.41) is 9.54. The van der Waals surface area contributed by atoms with E-state index in [-0.39, 0.29) is 5.75 Å². The number of phenolic OH excluding ortho intramolecular Hbond substituents is 1. The molecular formula is C17H17N3OS. The fourth-order valence-electron chi connectivity index (χ4n) is 3.00. The molecule has 0 radical (unpaired) electrons. The second kappa shape index (κ2) is 5.65. The van der Waals surface area contributed by atoms with Gasteiger partial charge in [0.25, 0.3) is 0 Å². The van der Waals surface area contributed by atoms with E-state index >= 15 is 0 Å². The van der Waals surface area contributed by atoms with E-state index in [4.69, 9.17) is 4.98 Å². The SMILES string of the molecule is Oc1ccc(-n2c(C3CCCSC3)nc3cccnc32)cc1. The van der Waals surface area contributed by atoms with Crippen LogP contribution >= 0.6 is 11.8 Å². The third-order valence-electron chi connectivity index (χ3n) is 4.08. The minimum atomic E-state index is 0.274. The van der Waals surface area contributed by atoms with Gasteiger partial charge in [-0.15, -0.1) is 0 Å². The number of rotatable bonds is 2. The average molecular weight is 311 g/mol. The van der Waals surface area contributed by atoms with Gasteiger partial charge in [-0.2, -0.15) is 11.8 Å².